The molecule has 2 aliphatic rings. The Morgan fingerprint density at radius 1 is 1.11 bits per heavy atom. The Kier molecular flexibility index (Phi) is 7.27. The largest absolute Gasteiger partial charge is 0.493 e. The van der Waals surface area contributed by atoms with Crippen LogP contribution in [0.3, 0.4) is 0 Å². The summed E-state index contributed by atoms with van der Waals surface area (Å²) in [6.45, 7) is 5.47. The Hall–Kier alpha value is -1.43. The molecule has 4 nitrogen and oxygen atoms in total. The summed E-state index contributed by atoms with van der Waals surface area (Å²) in [6.07, 6.45) is 4.44. The molecule has 2 aliphatic heterocycles. The number of ether oxygens (including phenoxy) is 1. The van der Waals surface area contributed by atoms with Gasteiger partial charge in [0.1, 0.15) is 0 Å². The van der Waals surface area contributed by atoms with Gasteiger partial charge in [-0.15, -0.1) is 24.2 Å². The summed E-state index contributed by atoms with van der Waals surface area (Å²) >= 11 is 2.02. The normalized spacial score (nSPS) is 19.4. The molecule has 0 N–H and O–H groups in total. The molecule has 0 radical (unpaired) electrons. The van der Waals surface area contributed by atoms with Crippen LogP contribution in [0, 0.1) is 0 Å². The van der Waals surface area contributed by atoms with Gasteiger partial charge in [0.05, 0.1) is 7.11 Å². The second kappa shape index (κ2) is 9.67. The molecule has 1 atom stereocenters. The highest BCUT2D eigenvalue weighted by Gasteiger charge is 2.23. The van der Waals surface area contributed by atoms with Gasteiger partial charge in [-0.05, 0) is 49.1 Å². The van der Waals surface area contributed by atoms with Crippen LogP contribution in [-0.4, -0.2) is 55.5 Å². The van der Waals surface area contributed by atoms with Gasteiger partial charge >= 0.3 is 0 Å². The summed E-state index contributed by atoms with van der Waals surface area (Å²) in [7, 11) is 1.72. The minimum Gasteiger partial charge on any atom is -0.493 e. The van der Waals surface area contributed by atoms with Crippen molar-refractivity contribution in [2.24, 2.45) is 0 Å². The van der Waals surface area contributed by atoms with Crippen molar-refractivity contribution >= 4 is 30.0 Å². The third kappa shape index (κ3) is 4.71. The van der Waals surface area contributed by atoms with E-state index in [1.807, 2.05) is 30.1 Å². The summed E-state index contributed by atoms with van der Waals surface area (Å²) in [4.78, 5) is 11.0. The van der Waals surface area contributed by atoms with E-state index in [0.29, 0.717) is 0 Å². The van der Waals surface area contributed by atoms with Crippen LogP contribution in [0.15, 0.2) is 47.5 Å². The van der Waals surface area contributed by atoms with E-state index in [1.54, 1.807) is 12.7 Å². The molecule has 0 saturated carbocycles. The average Bonchev–Trinajstić information content (AvgIpc) is 3.12. The van der Waals surface area contributed by atoms with Gasteiger partial charge in [0, 0.05) is 43.0 Å². The minimum absolute atomic E-state index is 0. The molecule has 1 fully saturated rings. The van der Waals surface area contributed by atoms with Crippen molar-refractivity contribution in [3.05, 3.63) is 48.2 Å². The number of piperazine rings is 1. The number of anilines is 1. The first-order chi connectivity index (χ1) is 12.8. The van der Waals surface area contributed by atoms with Crippen molar-refractivity contribution < 1.29 is 4.74 Å². The summed E-state index contributed by atoms with van der Waals surface area (Å²) in [6, 6.07) is 12.8. The molecule has 0 spiro atoms. The van der Waals surface area contributed by atoms with Crippen molar-refractivity contribution in [2.75, 3.05) is 50.5 Å². The molecule has 0 aliphatic carbocycles. The Balaban J connectivity index is 0.00000210. The maximum absolute atomic E-state index is 5.46. The maximum atomic E-state index is 5.46. The zero-order valence-electron chi connectivity index (χ0n) is 15.8. The van der Waals surface area contributed by atoms with Gasteiger partial charge in [-0.3, -0.25) is 4.90 Å². The number of hydrogen-bond donors (Lipinski definition) is 0. The summed E-state index contributed by atoms with van der Waals surface area (Å²) in [5.74, 6) is 3.86. The van der Waals surface area contributed by atoms with Gasteiger partial charge in [-0.1, -0.05) is 18.2 Å². The van der Waals surface area contributed by atoms with Gasteiger partial charge in [-0.25, -0.2) is 4.98 Å². The van der Waals surface area contributed by atoms with E-state index >= 15 is 0 Å². The lowest BCUT2D eigenvalue weighted by Gasteiger charge is -2.36. The van der Waals surface area contributed by atoms with Crippen molar-refractivity contribution in [2.45, 2.75) is 23.7 Å². The number of benzene rings is 1. The second-order valence-corrected chi connectivity index (χ2v) is 8.11. The van der Waals surface area contributed by atoms with Gasteiger partial charge in [-0.2, -0.15) is 0 Å². The lowest BCUT2D eigenvalue weighted by atomic mass is 9.96. The lowest BCUT2D eigenvalue weighted by molar-refractivity contribution is 0.250. The molecule has 3 heterocycles. The summed E-state index contributed by atoms with van der Waals surface area (Å²) in [5.41, 5.74) is 1.57. The predicted octanol–water partition coefficient (Wildman–Crippen LogP) is 4.30. The van der Waals surface area contributed by atoms with E-state index in [2.05, 4.69) is 39.0 Å². The number of halogens is 1. The highest BCUT2D eigenvalue weighted by atomic mass is 35.5. The van der Waals surface area contributed by atoms with Crippen LogP contribution in [0.4, 0.5) is 5.82 Å². The van der Waals surface area contributed by atoms with Crippen molar-refractivity contribution in [1.82, 2.24) is 9.88 Å². The van der Waals surface area contributed by atoms with Crippen molar-refractivity contribution in [3.8, 4) is 5.75 Å². The number of fused-ring (bicyclic) bond motifs is 1. The Bertz CT molecular complexity index is 737. The lowest BCUT2D eigenvalue weighted by Crippen LogP contribution is -2.47. The molecule has 1 saturated heterocycles. The van der Waals surface area contributed by atoms with E-state index in [0.717, 1.165) is 43.7 Å². The van der Waals surface area contributed by atoms with E-state index in [4.69, 9.17) is 4.74 Å². The van der Waals surface area contributed by atoms with E-state index in [-0.39, 0.29) is 12.4 Å². The van der Waals surface area contributed by atoms with E-state index in [1.165, 1.54) is 30.0 Å². The van der Waals surface area contributed by atoms with Crippen LogP contribution < -0.4 is 9.64 Å². The molecular formula is C21H28ClN3OS. The van der Waals surface area contributed by atoms with Crippen molar-refractivity contribution in [1.29, 1.82) is 0 Å². The highest BCUT2D eigenvalue weighted by molar-refractivity contribution is 7.99. The molecule has 4 rings (SSSR count). The number of hydrogen-bond acceptors (Lipinski definition) is 5. The molecule has 6 heteroatoms. The molecule has 146 valence electrons. The van der Waals surface area contributed by atoms with Gasteiger partial charge < -0.3 is 9.64 Å². The number of methoxy groups -OCH3 is 1. The smallest absolute Gasteiger partial charge is 0.171 e. The highest BCUT2D eigenvalue weighted by Crippen LogP contribution is 2.41. The van der Waals surface area contributed by atoms with Crippen LogP contribution in [-0.2, 0) is 0 Å². The first-order valence-corrected chi connectivity index (χ1v) is 10.5. The number of rotatable bonds is 6. The fourth-order valence-corrected chi connectivity index (χ4v) is 5.29. The number of aromatic nitrogens is 1. The van der Waals surface area contributed by atoms with E-state index < -0.39 is 0 Å². The fourth-order valence-electron chi connectivity index (χ4n) is 3.99. The molecule has 2 aromatic rings. The molecule has 1 aromatic carbocycles. The van der Waals surface area contributed by atoms with E-state index in [9.17, 15) is 0 Å². The van der Waals surface area contributed by atoms with Crippen LogP contribution >= 0.6 is 24.2 Å². The topological polar surface area (TPSA) is 28.6 Å². The van der Waals surface area contributed by atoms with Crippen LogP contribution in [0.25, 0.3) is 0 Å². The van der Waals surface area contributed by atoms with Crippen LogP contribution in [0.1, 0.15) is 24.3 Å². The van der Waals surface area contributed by atoms with Crippen molar-refractivity contribution in [3.63, 3.8) is 0 Å². The van der Waals surface area contributed by atoms with Gasteiger partial charge in [0.2, 0.25) is 0 Å². The summed E-state index contributed by atoms with van der Waals surface area (Å²) < 4.78 is 5.46. The number of nitrogens with zero attached hydrogens (tertiary/aromatic N) is 3. The quantitative estimate of drug-likeness (QED) is 0.714. The molecule has 27 heavy (non-hydrogen) atoms. The van der Waals surface area contributed by atoms with Crippen LogP contribution in [0.5, 0.6) is 5.75 Å². The molecule has 1 aromatic heterocycles. The number of pyridine rings is 1. The second-order valence-electron chi connectivity index (χ2n) is 7.05. The third-order valence-electron chi connectivity index (χ3n) is 5.47. The maximum Gasteiger partial charge on any atom is 0.171 e. The Labute approximate surface area is 172 Å². The first kappa shape index (κ1) is 20.3. The standard InChI is InChI=1S/C21H27N3OS.ClH/c1-25-19-8-4-10-22-21(19)24-14-12-23(13-15-24)11-5-6-17-16-26-20-9-3-2-7-18(17)20;/h2-4,7-10,17H,5-6,11-16H2,1H3;1H. The molecule has 0 amide bonds. The fraction of sp³-hybridized carbons (Fsp3) is 0.476. The Morgan fingerprint density at radius 2 is 1.93 bits per heavy atom. The van der Waals surface area contributed by atoms with Crippen LogP contribution in [0.2, 0.25) is 0 Å². The zero-order chi connectivity index (χ0) is 17.8. The SMILES string of the molecule is COc1cccnc1N1CCN(CCCC2CSc3ccccc32)CC1.Cl. The first-order valence-electron chi connectivity index (χ1n) is 9.53. The third-order valence-corrected chi connectivity index (χ3v) is 6.72. The summed E-state index contributed by atoms with van der Waals surface area (Å²) in [5, 5.41) is 0. The Morgan fingerprint density at radius 3 is 2.74 bits per heavy atom. The van der Waals surface area contributed by atoms with Gasteiger partial charge in [0.15, 0.2) is 11.6 Å². The molecule has 0 bridgehead atoms. The predicted molar refractivity (Wildman–Crippen MR) is 116 cm³/mol. The zero-order valence-corrected chi connectivity index (χ0v) is 17.5. The molecule has 1 unspecified atom stereocenters. The molecular weight excluding hydrogens is 378 g/mol. The monoisotopic (exact) mass is 405 g/mol. The number of thioether (sulfide) groups is 1. The minimum atomic E-state index is 0. The van der Waals surface area contributed by atoms with Gasteiger partial charge in [0.25, 0.3) is 0 Å². The average molecular weight is 406 g/mol.